The molecule has 1 aromatic rings. The number of aromatic nitrogens is 1. The number of rotatable bonds is 1. The average molecular weight is 238 g/mol. The first-order valence-corrected chi connectivity index (χ1v) is 7.19. The van der Waals surface area contributed by atoms with Crippen molar-refractivity contribution in [1.82, 2.24) is 9.88 Å². The fraction of sp³-hybridized carbons (Fsp3) is 0.667. The van der Waals surface area contributed by atoms with Crippen molar-refractivity contribution in [3.63, 3.8) is 0 Å². The summed E-state index contributed by atoms with van der Waals surface area (Å²) in [5, 5.41) is 3.38. The molecule has 1 saturated heterocycles. The second kappa shape index (κ2) is 4.82. The molecule has 0 spiro atoms. The molecule has 1 N–H and O–H groups in total. The van der Waals surface area contributed by atoms with Crippen LogP contribution < -0.4 is 5.32 Å². The molecule has 2 aliphatic heterocycles. The summed E-state index contributed by atoms with van der Waals surface area (Å²) in [4.78, 5) is 0. The van der Waals surface area contributed by atoms with Crippen LogP contribution in [0.25, 0.3) is 0 Å². The molecule has 0 saturated carbocycles. The van der Waals surface area contributed by atoms with Crippen molar-refractivity contribution < 1.29 is 4.74 Å². The van der Waals surface area contributed by atoms with Gasteiger partial charge in [-0.05, 0) is 25.1 Å². The highest BCUT2D eigenvalue weighted by atomic mass is 32.2. The molecule has 88 valence electrons. The summed E-state index contributed by atoms with van der Waals surface area (Å²) in [5.74, 6) is 2.39. The lowest BCUT2D eigenvalue weighted by Gasteiger charge is -2.22. The number of nitrogens with one attached hydrogen (secondary N) is 1. The molecule has 0 aliphatic carbocycles. The second-order valence-electron chi connectivity index (χ2n) is 4.35. The Morgan fingerprint density at radius 2 is 2.38 bits per heavy atom. The van der Waals surface area contributed by atoms with E-state index in [0.717, 1.165) is 38.4 Å². The predicted molar refractivity (Wildman–Crippen MR) is 66.8 cm³/mol. The zero-order valence-corrected chi connectivity index (χ0v) is 10.3. The zero-order valence-electron chi connectivity index (χ0n) is 9.45. The number of ether oxygens (including phenoxy) is 1. The maximum Gasteiger partial charge on any atom is 0.0987 e. The lowest BCUT2D eigenvalue weighted by molar-refractivity contribution is 0.0587. The topological polar surface area (TPSA) is 26.2 Å². The van der Waals surface area contributed by atoms with E-state index in [1.54, 1.807) is 0 Å². The van der Waals surface area contributed by atoms with Crippen molar-refractivity contribution in [1.29, 1.82) is 0 Å². The summed E-state index contributed by atoms with van der Waals surface area (Å²) < 4.78 is 8.39. The van der Waals surface area contributed by atoms with Crippen LogP contribution in [0.4, 0.5) is 0 Å². The number of fused-ring (bicyclic) bond motifs is 1. The van der Waals surface area contributed by atoms with Gasteiger partial charge in [-0.2, -0.15) is 11.8 Å². The summed E-state index contributed by atoms with van der Waals surface area (Å²) in [7, 11) is 0. The SMILES string of the molecule is c1cc(C2CCNCCO2)n2c1CSCC2. The highest BCUT2D eigenvalue weighted by Gasteiger charge is 2.21. The van der Waals surface area contributed by atoms with Gasteiger partial charge in [0.2, 0.25) is 0 Å². The van der Waals surface area contributed by atoms with Gasteiger partial charge in [0, 0.05) is 36.0 Å². The molecule has 4 heteroatoms. The van der Waals surface area contributed by atoms with E-state index in [0.29, 0.717) is 6.10 Å². The Labute approximate surface area is 101 Å². The lowest BCUT2D eigenvalue weighted by atomic mass is 10.2. The fourth-order valence-electron chi connectivity index (χ4n) is 2.49. The second-order valence-corrected chi connectivity index (χ2v) is 5.46. The molecule has 0 bridgehead atoms. The van der Waals surface area contributed by atoms with Gasteiger partial charge in [0.15, 0.2) is 0 Å². The number of nitrogens with zero attached hydrogens (tertiary/aromatic N) is 1. The quantitative estimate of drug-likeness (QED) is 0.808. The van der Waals surface area contributed by atoms with Crippen LogP contribution in [0.3, 0.4) is 0 Å². The first-order chi connectivity index (χ1) is 7.95. The van der Waals surface area contributed by atoms with E-state index in [-0.39, 0.29) is 0 Å². The molecule has 2 aliphatic rings. The maximum absolute atomic E-state index is 5.92. The molecule has 3 rings (SSSR count). The van der Waals surface area contributed by atoms with Gasteiger partial charge >= 0.3 is 0 Å². The van der Waals surface area contributed by atoms with Gasteiger partial charge < -0.3 is 14.6 Å². The van der Waals surface area contributed by atoms with Gasteiger partial charge in [0.25, 0.3) is 0 Å². The normalized spacial score (nSPS) is 26.1. The predicted octanol–water partition coefficient (Wildman–Crippen LogP) is 1.79. The van der Waals surface area contributed by atoms with Crippen molar-refractivity contribution in [2.75, 3.05) is 25.4 Å². The van der Waals surface area contributed by atoms with E-state index in [2.05, 4.69) is 22.0 Å². The first kappa shape index (κ1) is 10.7. The van der Waals surface area contributed by atoms with Crippen LogP contribution in [0, 0.1) is 0 Å². The summed E-state index contributed by atoms with van der Waals surface area (Å²) in [5.41, 5.74) is 2.85. The van der Waals surface area contributed by atoms with E-state index in [4.69, 9.17) is 4.74 Å². The van der Waals surface area contributed by atoms with E-state index in [1.807, 2.05) is 11.8 Å². The standard InChI is InChI=1S/C12H18N2OS/c1-2-11(12-3-4-13-5-7-15-12)14-6-8-16-9-10(1)14/h1-2,12-13H,3-9H2. The van der Waals surface area contributed by atoms with Gasteiger partial charge in [-0.25, -0.2) is 0 Å². The average Bonchev–Trinajstić information content (AvgIpc) is 2.57. The Hall–Kier alpha value is -0.450. The highest BCUT2D eigenvalue weighted by Crippen LogP contribution is 2.29. The monoisotopic (exact) mass is 238 g/mol. The Morgan fingerprint density at radius 3 is 3.38 bits per heavy atom. The molecule has 3 heterocycles. The molecule has 1 fully saturated rings. The summed E-state index contributed by atoms with van der Waals surface area (Å²) in [6.07, 6.45) is 1.39. The molecule has 0 radical (unpaired) electrons. The smallest absolute Gasteiger partial charge is 0.0987 e. The van der Waals surface area contributed by atoms with Gasteiger partial charge in [0.05, 0.1) is 12.7 Å². The highest BCUT2D eigenvalue weighted by molar-refractivity contribution is 7.98. The van der Waals surface area contributed by atoms with Crippen LogP contribution in [-0.2, 0) is 17.0 Å². The molecular weight excluding hydrogens is 220 g/mol. The minimum atomic E-state index is 0.298. The lowest BCUT2D eigenvalue weighted by Crippen LogP contribution is -2.17. The molecule has 1 atom stereocenters. The fourth-order valence-corrected chi connectivity index (χ4v) is 3.41. The van der Waals surface area contributed by atoms with Crippen molar-refractivity contribution in [3.8, 4) is 0 Å². The molecule has 0 amide bonds. The first-order valence-electron chi connectivity index (χ1n) is 6.03. The largest absolute Gasteiger partial charge is 0.371 e. The van der Waals surface area contributed by atoms with Crippen LogP contribution in [0.2, 0.25) is 0 Å². The maximum atomic E-state index is 5.92. The molecule has 16 heavy (non-hydrogen) atoms. The van der Waals surface area contributed by atoms with Crippen molar-refractivity contribution >= 4 is 11.8 Å². The third-order valence-electron chi connectivity index (χ3n) is 3.33. The Kier molecular flexibility index (Phi) is 3.22. The Morgan fingerprint density at radius 1 is 1.38 bits per heavy atom. The number of thioether (sulfide) groups is 1. The van der Waals surface area contributed by atoms with Crippen molar-refractivity contribution in [2.45, 2.75) is 24.8 Å². The molecule has 1 unspecified atom stereocenters. The summed E-state index contributed by atoms with van der Waals surface area (Å²) in [6, 6.07) is 4.53. The summed E-state index contributed by atoms with van der Waals surface area (Å²) >= 11 is 2.03. The van der Waals surface area contributed by atoms with Crippen molar-refractivity contribution in [3.05, 3.63) is 23.5 Å². The number of hydrogen-bond acceptors (Lipinski definition) is 3. The van der Waals surface area contributed by atoms with Crippen molar-refractivity contribution in [2.24, 2.45) is 0 Å². The van der Waals surface area contributed by atoms with Gasteiger partial charge in [-0.3, -0.25) is 0 Å². The minimum absolute atomic E-state index is 0.298. The van der Waals surface area contributed by atoms with E-state index >= 15 is 0 Å². The van der Waals surface area contributed by atoms with Crippen LogP contribution in [0.15, 0.2) is 12.1 Å². The van der Waals surface area contributed by atoms with Crippen LogP contribution in [0.1, 0.15) is 23.9 Å². The third kappa shape index (κ3) is 2.01. The third-order valence-corrected chi connectivity index (χ3v) is 4.30. The van der Waals surface area contributed by atoms with Gasteiger partial charge in [-0.15, -0.1) is 0 Å². The minimum Gasteiger partial charge on any atom is -0.371 e. The van der Waals surface area contributed by atoms with E-state index in [1.165, 1.54) is 17.1 Å². The molecule has 1 aromatic heterocycles. The molecule has 3 nitrogen and oxygen atoms in total. The zero-order chi connectivity index (χ0) is 10.8. The van der Waals surface area contributed by atoms with E-state index in [9.17, 15) is 0 Å². The number of hydrogen-bond donors (Lipinski definition) is 1. The van der Waals surface area contributed by atoms with Gasteiger partial charge in [-0.1, -0.05) is 0 Å². The Balaban J connectivity index is 1.84. The van der Waals surface area contributed by atoms with Crippen LogP contribution >= 0.6 is 11.8 Å². The van der Waals surface area contributed by atoms with E-state index < -0.39 is 0 Å². The molecule has 0 aromatic carbocycles. The Bertz CT molecular complexity index is 356. The summed E-state index contributed by atoms with van der Waals surface area (Å²) in [6.45, 7) is 4.04. The van der Waals surface area contributed by atoms with Crippen LogP contribution in [0.5, 0.6) is 0 Å². The van der Waals surface area contributed by atoms with Gasteiger partial charge in [0.1, 0.15) is 0 Å². The van der Waals surface area contributed by atoms with Crippen LogP contribution in [-0.4, -0.2) is 30.0 Å². The molecular formula is C12H18N2OS.